The highest BCUT2D eigenvalue weighted by Gasteiger charge is 2.36. The summed E-state index contributed by atoms with van der Waals surface area (Å²) in [6, 6.07) is 1.78. The molecule has 1 amide bonds. The third-order valence-corrected chi connectivity index (χ3v) is 3.02. The summed E-state index contributed by atoms with van der Waals surface area (Å²) in [6.45, 7) is 0.417. The first-order valence-corrected chi connectivity index (χ1v) is 5.53. The van der Waals surface area contributed by atoms with Gasteiger partial charge in [-0.25, -0.2) is 9.97 Å². The van der Waals surface area contributed by atoms with Crippen molar-refractivity contribution in [3.63, 3.8) is 0 Å². The number of carbonyl (C=O) groups excluding carboxylic acids is 1. The fourth-order valence-electron chi connectivity index (χ4n) is 2.00. The van der Waals surface area contributed by atoms with Gasteiger partial charge < -0.3 is 11.1 Å². The number of nitrogens with zero attached hydrogens (tertiary/aromatic N) is 2. The molecule has 0 unspecified atom stereocenters. The van der Waals surface area contributed by atoms with Crippen LogP contribution in [0.2, 0.25) is 0 Å². The first-order valence-electron chi connectivity index (χ1n) is 5.53. The minimum absolute atomic E-state index is 0.0661. The van der Waals surface area contributed by atoms with Gasteiger partial charge in [0.1, 0.15) is 6.33 Å². The van der Waals surface area contributed by atoms with Crippen LogP contribution in [0.5, 0.6) is 0 Å². The van der Waals surface area contributed by atoms with E-state index in [1.54, 1.807) is 12.3 Å². The Morgan fingerprint density at radius 3 is 2.88 bits per heavy atom. The standard InChI is InChI=1S/C11H16N4O/c12-11(4-1-2-5-11)10(16)14-7-9-3-6-13-8-15-9/h3,6,8H,1-2,4-5,7,12H2,(H,14,16). The lowest BCUT2D eigenvalue weighted by molar-refractivity contribution is -0.126. The van der Waals surface area contributed by atoms with Crippen LogP contribution >= 0.6 is 0 Å². The third kappa shape index (κ3) is 2.36. The minimum atomic E-state index is -0.660. The Hall–Kier alpha value is -1.49. The number of hydrogen-bond acceptors (Lipinski definition) is 4. The number of hydrogen-bond donors (Lipinski definition) is 2. The quantitative estimate of drug-likeness (QED) is 0.771. The lowest BCUT2D eigenvalue weighted by atomic mass is 9.98. The highest BCUT2D eigenvalue weighted by atomic mass is 16.2. The lowest BCUT2D eigenvalue weighted by Crippen LogP contribution is -2.51. The van der Waals surface area contributed by atoms with E-state index < -0.39 is 5.54 Å². The molecule has 86 valence electrons. The molecule has 1 aliphatic rings. The van der Waals surface area contributed by atoms with Gasteiger partial charge in [0.05, 0.1) is 17.8 Å². The van der Waals surface area contributed by atoms with Crippen LogP contribution in [0.3, 0.4) is 0 Å². The van der Waals surface area contributed by atoms with Gasteiger partial charge in [-0.3, -0.25) is 4.79 Å². The molecule has 0 radical (unpaired) electrons. The van der Waals surface area contributed by atoms with Crippen LogP contribution in [0.4, 0.5) is 0 Å². The average molecular weight is 220 g/mol. The smallest absolute Gasteiger partial charge is 0.240 e. The molecule has 1 heterocycles. The van der Waals surface area contributed by atoms with E-state index in [9.17, 15) is 4.79 Å². The maximum Gasteiger partial charge on any atom is 0.240 e. The zero-order valence-corrected chi connectivity index (χ0v) is 9.15. The number of rotatable bonds is 3. The molecule has 1 saturated carbocycles. The molecule has 0 aliphatic heterocycles. The van der Waals surface area contributed by atoms with E-state index in [0.717, 1.165) is 31.4 Å². The molecular formula is C11H16N4O. The molecule has 0 spiro atoms. The SMILES string of the molecule is NC1(C(=O)NCc2ccncn2)CCCC1. The first kappa shape index (κ1) is 11.0. The molecule has 0 saturated heterocycles. The molecule has 16 heavy (non-hydrogen) atoms. The molecule has 0 bridgehead atoms. The maximum absolute atomic E-state index is 11.9. The molecule has 0 aromatic carbocycles. The van der Waals surface area contributed by atoms with E-state index in [2.05, 4.69) is 15.3 Å². The monoisotopic (exact) mass is 220 g/mol. The Morgan fingerprint density at radius 1 is 1.50 bits per heavy atom. The summed E-state index contributed by atoms with van der Waals surface area (Å²) in [5.74, 6) is -0.0661. The summed E-state index contributed by atoms with van der Waals surface area (Å²) in [6.07, 6.45) is 6.76. The van der Waals surface area contributed by atoms with Gasteiger partial charge in [0.15, 0.2) is 0 Å². The molecule has 1 aromatic heterocycles. The predicted octanol–water partition coefficient (Wildman–Crippen LogP) is 0.364. The van der Waals surface area contributed by atoms with Crippen molar-refractivity contribution in [2.75, 3.05) is 0 Å². The van der Waals surface area contributed by atoms with Gasteiger partial charge in [-0.05, 0) is 18.9 Å². The molecule has 1 aromatic rings. The predicted molar refractivity (Wildman–Crippen MR) is 59.3 cm³/mol. The van der Waals surface area contributed by atoms with Gasteiger partial charge in [0.2, 0.25) is 5.91 Å². The lowest BCUT2D eigenvalue weighted by Gasteiger charge is -2.21. The molecule has 1 fully saturated rings. The topological polar surface area (TPSA) is 80.9 Å². The fourth-order valence-corrected chi connectivity index (χ4v) is 2.00. The van der Waals surface area contributed by atoms with E-state index >= 15 is 0 Å². The van der Waals surface area contributed by atoms with E-state index in [1.165, 1.54) is 6.33 Å². The van der Waals surface area contributed by atoms with E-state index in [0.29, 0.717) is 6.54 Å². The zero-order chi connectivity index (χ0) is 11.4. The molecule has 0 atom stereocenters. The van der Waals surface area contributed by atoms with E-state index in [1.807, 2.05) is 0 Å². The van der Waals surface area contributed by atoms with Crippen LogP contribution in [0.25, 0.3) is 0 Å². The summed E-state index contributed by atoms with van der Waals surface area (Å²) in [4.78, 5) is 19.7. The number of aromatic nitrogens is 2. The molecule has 5 nitrogen and oxygen atoms in total. The van der Waals surface area contributed by atoms with Crippen LogP contribution in [-0.2, 0) is 11.3 Å². The van der Waals surface area contributed by atoms with Gasteiger partial charge in [0.25, 0.3) is 0 Å². The Bertz CT molecular complexity index is 360. The fraction of sp³-hybridized carbons (Fsp3) is 0.545. The Balaban J connectivity index is 1.89. The van der Waals surface area contributed by atoms with Gasteiger partial charge in [-0.15, -0.1) is 0 Å². The summed E-state index contributed by atoms with van der Waals surface area (Å²) in [7, 11) is 0. The van der Waals surface area contributed by atoms with Gasteiger partial charge in [-0.2, -0.15) is 0 Å². The second kappa shape index (κ2) is 4.57. The Kier molecular flexibility index (Phi) is 3.14. The maximum atomic E-state index is 11.9. The van der Waals surface area contributed by atoms with Crippen LogP contribution in [0.1, 0.15) is 31.4 Å². The van der Waals surface area contributed by atoms with Crippen LogP contribution in [-0.4, -0.2) is 21.4 Å². The van der Waals surface area contributed by atoms with Crippen molar-refractivity contribution in [2.24, 2.45) is 5.73 Å². The number of amides is 1. The minimum Gasteiger partial charge on any atom is -0.349 e. The molecule has 2 rings (SSSR count). The van der Waals surface area contributed by atoms with Crippen molar-refractivity contribution in [1.29, 1.82) is 0 Å². The number of nitrogens with one attached hydrogen (secondary N) is 1. The highest BCUT2D eigenvalue weighted by Crippen LogP contribution is 2.27. The largest absolute Gasteiger partial charge is 0.349 e. The first-order chi connectivity index (χ1) is 7.71. The van der Waals surface area contributed by atoms with Crippen molar-refractivity contribution in [2.45, 2.75) is 37.8 Å². The average Bonchev–Trinajstić information content (AvgIpc) is 2.76. The van der Waals surface area contributed by atoms with Crippen molar-refractivity contribution in [1.82, 2.24) is 15.3 Å². The summed E-state index contributed by atoms with van der Waals surface area (Å²) < 4.78 is 0. The second-order valence-corrected chi connectivity index (χ2v) is 4.25. The molecular weight excluding hydrogens is 204 g/mol. The second-order valence-electron chi connectivity index (χ2n) is 4.25. The zero-order valence-electron chi connectivity index (χ0n) is 9.15. The molecule has 5 heteroatoms. The summed E-state index contributed by atoms with van der Waals surface area (Å²) in [5, 5.41) is 2.83. The summed E-state index contributed by atoms with van der Waals surface area (Å²) in [5.41, 5.74) is 6.16. The van der Waals surface area contributed by atoms with Crippen molar-refractivity contribution >= 4 is 5.91 Å². The number of nitrogens with two attached hydrogens (primary N) is 1. The van der Waals surface area contributed by atoms with Gasteiger partial charge in [-0.1, -0.05) is 12.8 Å². The number of carbonyl (C=O) groups is 1. The Morgan fingerprint density at radius 2 is 2.25 bits per heavy atom. The normalized spacial score (nSPS) is 18.3. The summed E-state index contributed by atoms with van der Waals surface area (Å²) >= 11 is 0. The van der Waals surface area contributed by atoms with Gasteiger partial charge in [0, 0.05) is 6.20 Å². The van der Waals surface area contributed by atoms with E-state index in [4.69, 9.17) is 5.73 Å². The van der Waals surface area contributed by atoms with Crippen molar-refractivity contribution < 1.29 is 4.79 Å². The van der Waals surface area contributed by atoms with Crippen LogP contribution < -0.4 is 11.1 Å². The third-order valence-electron chi connectivity index (χ3n) is 3.02. The molecule has 1 aliphatic carbocycles. The van der Waals surface area contributed by atoms with E-state index in [-0.39, 0.29) is 5.91 Å². The van der Waals surface area contributed by atoms with Crippen molar-refractivity contribution in [3.8, 4) is 0 Å². The van der Waals surface area contributed by atoms with Crippen LogP contribution in [0.15, 0.2) is 18.6 Å². The van der Waals surface area contributed by atoms with Gasteiger partial charge >= 0.3 is 0 Å². The highest BCUT2D eigenvalue weighted by molar-refractivity contribution is 5.86. The Labute approximate surface area is 94.5 Å². The van der Waals surface area contributed by atoms with Crippen molar-refractivity contribution in [3.05, 3.63) is 24.3 Å². The molecule has 3 N–H and O–H groups in total. The van der Waals surface area contributed by atoms with Crippen LogP contribution in [0, 0.1) is 0 Å².